The number of hydrogen-bond acceptors (Lipinski definition) is 4. The first-order valence-electron chi connectivity index (χ1n) is 4.66. The molecular formula is C10H13NO3. The van der Waals surface area contributed by atoms with Crippen LogP contribution < -0.4 is 0 Å². The molecule has 76 valence electrons. The zero-order valence-corrected chi connectivity index (χ0v) is 8.16. The lowest BCUT2D eigenvalue weighted by Gasteiger charge is -2.19. The summed E-state index contributed by atoms with van der Waals surface area (Å²) in [5, 5.41) is 8.74. The van der Waals surface area contributed by atoms with Crippen LogP contribution in [-0.2, 0) is 14.3 Å². The number of rotatable bonds is 2. The largest absolute Gasteiger partial charge is 0.463 e. The first kappa shape index (κ1) is 10.7. The van der Waals surface area contributed by atoms with Crippen molar-refractivity contribution in [1.82, 2.24) is 0 Å². The van der Waals surface area contributed by atoms with E-state index < -0.39 is 12.1 Å². The molecule has 4 heteroatoms. The summed E-state index contributed by atoms with van der Waals surface area (Å²) in [6.45, 7) is 2.68. The van der Waals surface area contributed by atoms with E-state index in [4.69, 9.17) is 14.7 Å². The number of nitriles is 1. The molecule has 14 heavy (non-hydrogen) atoms. The normalized spacial score (nSPS) is 24.3. The average molecular weight is 195 g/mol. The minimum Gasteiger partial charge on any atom is -0.463 e. The molecule has 0 radical (unpaired) electrons. The third kappa shape index (κ3) is 2.86. The van der Waals surface area contributed by atoms with E-state index in [0.717, 1.165) is 18.4 Å². The van der Waals surface area contributed by atoms with Crippen molar-refractivity contribution >= 4 is 5.97 Å². The Morgan fingerprint density at radius 1 is 1.86 bits per heavy atom. The molecule has 0 amide bonds. The lowest BCUT2D eigenvalue weighted by atomic mass is 10.0. The second kappa shape index (κ2) is 5.40. The zero-order valence-electron chi connectivity index (χ0n) is 8.16. The Bertz CT molecular complexity index is 278. The van der Waals surface area contributed by atoms with Crippen LogP contribution in [0.4, 0.5) is 0 Å². The van der Waals surface area contributed by atoms with Crippen LogP contribution in [0.25, 0.3) is 0 Å². The first-order valence-corrected chi connectivity index (χ1v) is 4.66. The van der Waals surface area contributed by atoms with Crippen LogP contribution in [0.15, 0.2) is 11.6 Å². The van der Waals surface area contributed by atoms with E-state index in [9.17, 15) is 4.79 Å². The molecule has 1 atom stereocenters. The van der Waals surface area contributed by atoms with Crippen molar-refractivity contribution in [3.8, 4) is 6.07 Å². The van der Waals surface area contributed by atoms with Gasteiger partial charge >= 0.3 is 5.97 Å². The van der Waals surface area contributed by atoms with Crippen molar-refractivity contribution in [2.45, 2.75) is 25.9 Å². The van der Waals surface area contributed by atoms with Gasteiger partial charge in [-0.1, -0.05) is 0 Å². The van der Waals surface area contributed by atoms with Crippen molar-refractivity contribution in [2.75, 3.05) is 13.2 Å². The van der Waals surface area contributed by atoms with Crippen LogP contribution in [-0.4, -0.2) is 25.3 Å². The predicted molar refractivity (Wildman–Crippen MR) is 49.3 cm³/mol. The van der Waals surface area contributed by atoms with E-state index >= 15 is 0 Å². The van der Waals surface area contributed by atoms with Crippen molar-refractivity contribution in [1.29, 1.82) is 5.26 Å². The number of carbonyl (C=O) groups excluding carboxylic acids is 1. The Morgan fingerprint density at radius 2 is 2.64 bits per heavy atom. The number of carbonyl (C=O) groups is 1. The summed E-state index contributed by atoms with van der Waals surface area (Å²) >= 11 is 0. The fourth-order valence-corrected chi connectivity index (χ4v) is 1.32. The summed E-state index contributed by atoms with van der Waals surface area (Å²) in [4.78, 5) is 11.1. The Hall–Kier alpha value is -1.34. The van der Waals surface area contributed by atoms with Crippen LogP contribution in [0.5, 0.6) is 0 Å². The molecule has 0 aromatic rings. The van der Waals surface area contributed by atoms with Gasteiger partial charge in [0.05, 0.1) is 12.7 Å². The summed E-state index contributed by atoms with van der Waals surface area (Å²) in [7, 11) is 0. The second-order valence-electron chi connectivity index (χ2n) is 2.95. The number of nitrogens with zero attached hydrogens (tertiary/aromatic N) is 1. The monoisotopic (exact) mass is 195 g/mol. The highest BCUT2D eigenvalue weighted by molar-refractivity contribution is 5.83. The Kier molecular flexibility index (Phi) is 4.14. The molecular weight excluding hydrogens is 182 g/mol. The van der Waals surface area contributed by atoms with E-state index in [-0.39, 0.29) is 0 Å². The molecule has 1 saturated heterocycles. The van der Waals surface area contributed by atoms with Gasteiger partial charge in [-0.25, -0.2) is 4.79 Å². The van der Waals surface area contributed by atoms with Gasteiger partial charge < -0.3 is 9.47 Å². The lowest BCUT2D eigenvalue weighted by molar-refractivity contribution is -0.137. The molecule has 1 fully saturated rings. The molecule has 0 N–H and O–H groups in total. The summed E-state index contributed by atoms with van der Waals surface area (Å²) in [6, 6.07) is 2.00. The molecule has 0 saturated carbocycles. The smallest absolute Gasteiger partial charge is 0.330 e. The van der Waals surface area contributed by atoms with Crippen LogP contribution in [0.2, 0.25) is 0 Å². The summed E-state index contributed by atoms with van der Waals surface area (Å²) < 4.78 is 9.94. The van der Waals surface area contributed by atoms with Gasteiger partial charge in [-0.2, -0.15) is 5.26 Å². The van der Waals surface area contributed by atoms with Gasteiger partial charge in [0.2, 0.25) is 0 Å². The molecule has 4 nitrogen and oxygen atoms in total. The Morgan fingerprint density at radius 3 is 3.29 bits per heavy atom. The molecule has 1 rings (SSSR count). The molecule has 1 aliphatic heterocycles. The minimum atomic E-state index is -0.576. The maximum Gasteiger partial charge on any atom is 0.330 e. The number of ether oxygens (including phenoxy) is 2. The van der Waals surface area contributed by atoms with Gasteiger partial charge in [0.1, 0.15) is 0 Å². The Balaban J connectivity index is 2.63. The standard InChI is InChI=1S/C10H13NO3/c1-2-13-10(12)6-8-4-3-5-14-9(8)7-11/h6,9H,2-5H2,1H3/b8-6+. The first-order chi connectivity index (χ1) is 6.77. The summed E-state index contributed by atoms with van der Waals surface area (Å²) in [6.07, 6.45) is 2.38. The van der Waals surface area contributed by atoms with E-state index in [1.807, 2.05) is 6.07 Å². The maximum absolute atomic E-state index is 11.1. The van der Waals surface area contributed by atoms with Crippen LogP contribution >= 0.6 is 0 Å². The maximum atomic E-state index is 11.1. The molecule has 0 bridgehead atoms. The highest BCUT2D eigenvalue weighted by Crippen LogP contribution is 2.19. The average Bonchev–Trinajstić information content (AvgIpc) is 2.19. The van der Waals surface area contributed by atoms with Gasteiger partial charge in [0.15, 0.2) is 6.10 Å². The summed E-state index contributed by atoms with van der Waals surface area (Å²) in [5.74, 6) is -0.395. The highest BCUT2D eigenvalue weighted by atomic mass is 16.5. The molecule has 0 aliphatic carbocycles. The quantitative estimate of drug-likeness (QED) is 0.490. The lowest BCUT2D eigenvalue weighted by Crippen LogP contribution is -2.21. The second-order valence-corrected chi connectivity index (χ2v) is 2.95. The molecule has 1 aliphatic rings. The molecule has 0 aromatic carbocycles. The van der Waals surface area contributed by atoms with Gasteiger partial charge in [-0.3, -0.25) is 0 Å². The predicted octanol–water partition coefficient (Wildman–Crippen LogP) is 1.18. The number of hydrogen-bond donors (Lipinski definition) is 0. The van der Waals surface area contributed by atoms with E-state index in [1.165, 1.54) is 6.08 Å². The highest BCUT2D eigenvalue weighted by Gasteiger charge is 2.19. The fraction of sp³-hybridized carbons (Fsp3) is 0.600. The van der Waals surface area contributed by atoms with E-state index in [1.54, 1.807) is 6.92 Å². The van der Waals surface area contributed by atoms with E-state index in [0.29, 0.717) is 13.2 Å². The van der Waals surface area contributed by atoms with Crippen molar-refractivity contribution in [3.63, 3.8) is 0 Å². The van der Waals surface area contributed by atoms with Crippen LogP contribution in [0, 0.1) is 11.3 Å². The molecule has 1 heterocycles. The van der Waals surface area contributed by atoms with Crippen molar-refractivity contribution in [2.24, 2.45) is 0 Å². The minimum absolute atomic E-state index is 0.348. The van der Waals surface area contributed by atoms with Crippen molar-refractivity contribution < 1.29 is 14.3 Å². The summed E-state index contributed by atoms with van der Waals surface area (Å²) in [5.41, 5.74) is 0.720. The SMILES string of the molecule is CCOC(=O)/C=C1\CCCOC1C#N. The zero-order chi connectivity index (χ0) is 10.4. The molecule has 1 unspecified atom stereocenters. The van der Waals surface area contributed by atoms with E-state index in [2.05, 4.69) is 0 Å². The van der Waals surface area contributed by atoms with Crippen LogP contribution in [0.3, 0.4) is 0 Å². The molecule has 0 aromatic heterocycles. The van der Waals surface area contributed by atoms with Gasteiger partial charge in [-0.05, 0) is 25.3 Å². The van der Waals surface area contributed by atoms with Gasteiger partial charge in [0, 0.05) is 12.7 Å². The third-order valence-electron chi connectivity index (χ3n) is 1.94. The van der Waals surface area contributed by atoms with Crippen LogP contribution in [0.1, 0.15) is 19.8 Å². The fourth-order valence-electron chi connectivity index (χ4n) is 1.32. The third-order valence-corrected chi connectivity index (χ3v) is 1.94. The van der Waals surface area contributed by atoms with Gasteiger partial charge in [-0.15, -0.1) is 0 Å². The Labute approximate surface area is 83.1 Å². The number of esters is 1. The van der Waals surface area contributed by atoms with Gasteiger partial charge in [0.25, 0.3) is 0 Å². The molecule has 0 spiro atoms. The van der Waals surface area contributed by atoms with Crippen molar-refractivity contribution in [3.05, 3.63) is 11.6 Å². The topological polar surface area (TPSA) is 59.3 Å².